The highest BCUT2D eigenvalue weighted by atomic mass is 32.2. The maximum atomic E-state index is 12.8. The summed E-state index contributed by atoms with van der Waals surface area (Å²) in [6.45, 7) is 2.49. The van der Waals surface area contributed by atoms with Crippen molar-refractivity contribution in [2.45, 2.75) is 30.8 Å². The van der Waals surface area contributed by atoms with Gasteiger partial charge in [-0.25, -0.2) is 8.42 Å². The zero-order valence-electron chi connectivity index (χ0n) is 18.9. The Hall–Kier alpha value is -4.05. The summed E-state index contributed by atoms with van der Waals surface area (Å²) in [5.74, 6) is 0.246. The highest BCUT2D eigenvalue weighted by Crippen LogP contribution is 2.31. The number of furan rings is 1. The van der Waals surface area contributed by atoms with Crippen LogP contribution in [-0.2, 0) is 21.4 Å². The average Bonchev–Trinajstić information content (AvgIpc) is 3.48. The van der Waals surface area contributed by atoms with Crippen LogP contribution in [0.1, 0.15) is 34.3 Å². The van der Waals surface area contributed by atoms with Gasteiger partial charge in [-0.1, -0.05) is 17.7 Å². The summed E-state index contributed by atoms with van der Waals surface area (Å²) < 4.78 is 35.3. The third-order valence-electron chi connectivity index (χ3n) is 5.98. The van der Waals surface area contributed by atoms with Crippen LogP contribution in [0.5, 0.6) is 0 Å². The molecule has 2 aromatic carbocycles. The summed E-state index contributed by atoms with van der Waals surface area (Å²) in [6.07, 6.45) is 1.71. The Morgan fingerprint density at radius 2 is 1.94 bits per heavy atom. The lowest BCUT2D eigenvalue weighted by Crippen LogP contribution is -2.40. The summed E-state index contributed by atoms with van der Waals surface area (Å²) in [6, 6.07) is 16.7. The zero-order valence-corrected chi connectivity index (χ0v) is 19.8. The minimum atomic E-state index is -3.76. The van der Waals surface area contributed by atoms with Gasteiger partial charge in [0.2, 0.25) is 5.91 Å². The Labute approximate surface area is 202 Å². The first kappa shape index (κ1) is 22.7. The summed E-state index contributed by atoms with van der Waals surface area (Å²) in [7, 11) is -3.76. The van der Waals surface area contributed by atoms with Crippen molar-refractivity contribution in [3.8, 4) is 0 Å². The van der Waals surface area contributed by atoms with Crippen LogP contribution >= 0.6 is 0 Å². The van der Waals surface area contributed by atoms with Gasteiger partial charge < -0.3 is 19.6 Å². The Bertz CT molecular complexity index is 1510. The number of carbonyl (C=O) groups is 2. The molecule has 0 fully saturated rings. The number of hydrogen-bond donors (Lipinski definition) is 3. The fourth-order valence-electron chi connectivity index (χ4n) is 4.24. The molecule has 1 aliphatic rings. The fraction of sp³-hybridized carbons (Fsp3) is 0.200. The van der Waals surface area contributed by atoms with Crippen molar-refractivity contribution in [3.05, 3.63) is 83.9 Å². The van der Waals surface area contributed by atoms with Gasteiger partial charge in [0.15, 0.2) is 0 Å². The lowest BCUT2D eigenvalue weighted by atomic mass is 10.1. The average molecular weight is 493 g/mol. The van der Waals surface area contributed by atoms with Crippen LogP contribution in [0.15, 0.2) is 76.2 Å². The lowest BCUT2D eigenvalue weighted by molar-refractivity contribution is -0.122. The van der Waals surface area contributed by atoms with Gasteiger partial charge >= 0.3 is 0 Å². The second-order valence-corrected chi connectivity index (χ2v) is 10.2. The molecule has 0 saturated carbocycles. The van der Waals surface area contributed by atoms with E-state index in [2.05, 4.69) is 15.4 Å². The third-order valence-corrected chi connectivity index (χ3v) is 7.38. The van der Waals surface area contributed by atoms with Crippen molar-refractivity contribution < 1.29 is 22.4 Å². The molecule has 180 valence electrons. The molecule has 2 amide bonds. The van der Waals surface area contributed by atoms with Gasteiger partial charge in [-0.15, -0.1) is 0 Å². The molecule has 1 atom stereocenters. The van der Waals surface area contributed by atoms with Crippen LogP contribution in [0.25, 0.3) is 10.9 Å². The fourth-order valence-corrected chi connectivity index (χ4v) is 5.29. The Morgan fingerprint density at radius 3 is 2.69 bits per heavy atom. The number of amides is 2. The number of fused-ring (bicyclic) bond motifs is 3. The SMILES string of the molecule is Cc1ccc(S(=O)(=O)Nc2ccc3c(c2)cc2n3C(CC(=O)NCc3ccco3)CNC2=O)cc1. The van der Waals surface area contributed by atoms with E-state index in [1.807, 2.05) is 11.5 Å². The first-order chi connectivity index (χ1) is 16.8. The first-order valence-corrected chi connectivity index (χ1v) is 12.6. The smallest absolute Gasteiger partial charge is 0.268 e. The van der Waals surface area contributed by atoms with E-state index in [1.165, 1.54) is 0 Å². The van der Waals surface area contributed by atoms with Crippen LogP contribution in [0.4, 0.5) is 5.69 Å². The largest absolute Gasteiger partial charge is 0.467 e. The molecule has 0 bridgehead atoms. The number of hydrogen-bond acceptors (Lipinski definition) is 5. The monoisotopic (exact) mass is 492 g/mol. The van der Waals surface area contributed by atoms with Gasteiger partial charge in [-0.05, 0) is 55.5 Å². The van der Waals surface area contributed by atoms with E-state index in [1.54, 1.807) is 66.9 Å². The molecule has 4 aromatic rings. The maximum absolute atomic E-state index is 12.8. The van der Waals surface area contributed by atoms with E-state index in [9.17, 15) is 18.0 Å². The highest BCUT2D eigenvalue weighted by Gasteiger charge is 2.29. The summed E-state index contributed by atoms with van der Waals surface area (Å²) in [4.78, 5) is 25.3. The number of carbonyl (C=O) groups excluding carboxylic acids is 2. The van der Waals surface area contributed by atoms with Crippen molar-refractivity contribution in [1.29, 1.82) is 0 Å². The van der Waals surface area contributed by atoms with Crippen molar-refractivity contribution >= 4 is 38.4 Å². The van der Waals surface area contributed by atoms with Crippen LogP contribution in [0.2, 0.25) is 0 Å². The molecule has 0 saturated heterocycles. The molecule has 1 unspecified atom stereocenters. The Morgan fingerprint density at radius 1 is 1.14 bits per heavy atom. The van der Waals surface area contributed by atoms with Gasteiger partial charge in [0.1, 0.15) is 11.5 Å². The van der Waals surface area contributed by atoms with Gasteiger partial charge in [0.25, 0.3) is 15.9 Å². The van der Waals surface area contributed by atoms with Gasteiger partial charge in [-0.3, -0.25) is 14.3 Å². The van der Waals surface area contributed by atoms with Crippen molar-refractivity contribution in [2.75, 3.05) is 11.3 Å². The summed E-state index contributed by atoms with van der Waals surface area (Å²) >= 11 is 0. The van der Waals surface area contributed by atoms with Crippen LogP contribution < -0.4 is 15.4 Å². The lowest BCUT2D eigenvalue weighted by Gasteiger charge is -2.27. The molecule has 10 heteroatoms. The summed E-state index contributed by atoms with van der Waals surface area (Å²) in [5.41, 5.74) is 2.52. The molecule has 3 heterocycles. The molecular formula is C25H24N4O5S. The second kappa shape index (κ2) is 8.95. The number of nitrogens with one attached hydrogen (secondary N) is 3. The van der Waals surface area contributed by atoms with E-state index in [-0.39, 0.29) is 35.7 Å². The molecule has 0 aliphatic carbocycles. The number of nitrogens with zero attached hydrogens (tertiary/aromatic N) is 1. The normalized spacial score (nSPS) is 15.5. The Balaban J connectivity index is 1.39. The van der Waals surface area contributed by atoms with Gasteiger partial charge in [-0.2, -0.15) is 0 Å². The topological polar surface area (TPSA) is 122 Å². The highest BCUT2D eigenvalue weighted by molar-refractivity contribution is 7.92. The van der Waals surface area contributed by atoms with E-state index < -0.39 is 10.0 Å². The molecule has 0 radical (unpaired) electrons. The summed E-state index contributed by atoms with van der Waals surface area (Å²) in [5, 5.41) is 6.36. The molecule has 1 aliphatic heterocycles. The first-order valence-electron chi connectivity index (χ1n) is 11.1. The van der Waals surface area contributed by atoms with Gasteiger partial charge in [0.05, 0.1) is 23.7 Å². The Kier molecular flexibility index (Phi) is 5.81. The van der Waals surface area contributed by atoms with Crippen LogP contribution in [0, 0.1) is 6.92 Å². The van der Waals surface area contributed by atoms with Crippen LogP contribution in [-0.4, -0.2) is 31.3 Å². The predicted octanol–water partition coefficient (Wildman–Crippen LogP) is 3.33. The minimum absolute atomic E-state index is 0.166. The van der Waals surface area contributed by atoms with E-state index >= 15 is 0 Å². The third kappa shape index (κ3) is 4.65. The van der Waals surface area contributed by atoms with E-state index in [0.29, 0.717) is 29.1 Å². The van der Waals surface area contributed by atoms with Crippen molar-refractivity contribution in [3.63, 3.8) is 0 Å². The van der Waals surface area contributed by atoms with E-state index in [4.69, 9.17) is 4.42 Å². The standard InChI is InChI=1S/C25H24N4O5S/c1-16-4-7-21(8-5-16)35(32,33)28-18-6-9-22-17(11-18)12-23-25(31)27-14-19(29(22)23)13-24(30)26-15-20-3-2-10-34-20/h2-12,19,28H,13-15H2,1H3,(H,26,30)(H,27,31). The number of benzene rings is 2. The molecule has 5 rings (SSSR count). The molecule has 35 heavy (non-hydrogen) atoms. The second-order valence-electron chi connectivity index (χ2n) is 8.52. The van der Waals surface area contributed by atoms with Crippen molar-refractivity contribution in [1.82, 2.24) is 15.2 Å². The number of rotatable bonds is 7. The zero-order chi connectivity index (χ0) is 24.6. The number of aryl methyl sites for hydroxylation is 1. The van der Waals surface area contributed by atoms with Gasteiger partial charge in [0, 0.05) is 29.6 Å². The molecule has 0 spiro atoms. The van der Waals surface area contributed by atoms with Crippen LogP contribution in [0.3, 0.4) is 0 Å². The number of anilines is 1. The minimum Gasteiger partial charge on any atom is -0.467 e. The molecule has 9 nitrogen and oxygen atoms in total. The van der Waals surface area contributed by atoms with E-state index in [0.717, 1.165) is 11.1 Å². The quantitative estimate of drug-likeness (QED) is 0.365. The molecule has 3 N–H and O–H groups in total. The van der Waals surface area contributed by atoms with Crippen molar-refractivity contribution in [2.24, 2.45) is 0 Å². The maximum Gasteiger partial charge on any atom is 0.268 e. The molecule has 2 aromatic heterocycles. The number of aromatic nitrogens is 1. The molecular weight excluding hydrogens is 468 g/mol. The number of sulfonamides is 1. The predicted molar refractivity (Wildman–Crippen MR) is 130 cm³/mol.